The first-order chi connectivity index (χ1) is 9.04. The molecule has 1 aliphatic heterocycles. The molecule has 0 spiro atoms. The van der Waals surface area contributed by atoms with Crippen molar-refractivity contribution in [2.24, 2.45) is 11.7 Å². The zero-order valence-corrected chi connectivity index (χ0v) is 12.9. The molecule has 19 heavy (non-hydrogen) atoms. The molecule has 1 amide bonds. The first-order valence-corrected chi connectivity index (χ1v) is 8.04. The van der Waals surface area contributed by atoms with Gasteiger partial charge in [0, 0.05) is 11.4 Å². The highest BCUT2D eigenvalue weighted by Crippen LogP contribution is 2.35. The minimum atomic E-state index is -0.353. The Hall–Kier alpha value is -0.870. The van der Waals surface area contributed by atoms with E-state index in [4.69, 9.17) is 5.73 Å². The molecule has 106 valence electrons. The van der Waals surface area contributed by atoms with E-state index < -0.39 is 0 Å². The summed E-state index contributed by atoms with van der Waals surface area (Å²) < 4.78 is 0. The van der Waals surface area contributed by atoms with E-state index >= 15 is 0 Å². The summed E-state index contributed by atoms with van der Waals surface area (Å²) >= 11 is 1.81. The standard InChI is InChI=1S/C15H24N2OS/c1-4-13-11-6-8-19-14(11)5-7-17(13)15(18)12(16)9-10(2)3/h6,8,10,12-13H,4-5,7,9,16H2,1-3H3. The summed E-state index contributed by atoms with van der Waals surface area (Å²) in [6.45, 7) is 7.18. The third-order valence-corrected chi connectivity index (χ3v) is 4.80. The first-order valence-electron chi connectivity index (χ1n) is 7.16. The first kappa shape index (κ1) is 14.5. The minimum absolute atomic E-state index is 0.123. The lowest BCUT2D eigenvalue weighted by Gasteiger charge is -2.37. The fourth-order valence-electron chi connectivity index (χ4n) is 2.92. The van der Waals surface area contributed by atoms with Gasteiger partial charge in [-0.05, 0) is 42.2 Å². The largest absolute Gasteiger partial charge is 0.334 e. The number of amides is 1. The number of fused-ring (bicyclic) bond motifs is 1. The molecule has 2 heterocycles. The van der Waals surface area contributed by atoms with Crippen molar-refractivity contribution in [1.82, 2.24) is 4.90 Å². The lowest BCUT2D eigenvalue weighted by molar-refractivity contribution is -0.136. The second-order valence-electron chi connectivity index (χ2n) is 5.74. The molecule has 4 heteroatoms. The van der Waals surface area contributed by atoms with Gasteiger partial charge < -0.3 is 10.6 Å². The van der Waals surface area contributed by atoms with E-state index in [0.717, 1.165) is 25.8 Å². The predicted molar refractivity (Wildman–Crippen MR) is 80.2 cm³/mol. The summed E-state index contributed by atoms with van der Waals surface area (Å²) in [5.74, 6) is 0.581. The minimum Gasteiger partial charge on any atom is -0.334 e. The smallest absolute Gasteiger partial charge is 0.240 e. The normalized spacial score (nSPS) is 20.5. The zero-order valence-electron chi connectivity index (χ0n) is 12.1. The van der Waals surface area contributed by atoms with E-state index in [9.17, 15) is 4.79 Å². The maximum absolute atomic E-state index is 12.5. The van der Waals surface area contributed by atoms with Gasteiger partial charge in [-0.2, -0.15) is 0 Å². The predicted octanol–water partition coefficient (Wildman–Crippen LogP) is 2.96. The van der Waals surface area contributed by atoms with Crippen LogP contribution in [0.1, 0.15) is 50.1 Å². The summed E-state index contributed by atoms with van der Waals surface area (Å²) in [6.07, 6.45) is 2.70. The monoisotopic (exact) mass is 280 g/mol. The van der Waals surface area contributed by atoms with Gasteiger partial charge in [0.2, 0.25) is 5.91 Å². The number of rotatable bonds is 4. The summed E-state index contributed by atoms with van der Waals surface area (Å²) in [4.78, 5) is 16.0. The van der Waals surface area contributed by atoms with Crippen molar-refractivity contribution >= 4 is 17.2 Å². The van der Waals surface area contributed by atoms with Gasteiger partial charge in [0.1, 0.15) is 0 Å². The number of carbonyl (C=O) groups is 1. The highest BCUT2D eigenvalue weighted by atomic mass is 32.1. The summed E-state index contributed by atoms with van der Waals surface area (Å²) in [7, 11) is 0. The van der Waals surface area contributed by atoms with E-state index in [0.29, 0.717) is 5.92 Å². The average molecular weight is 280 g/mol. The Morgan fingerprint density at radius 1 is 1.58 bits per heavy atom. The maximum atomic E-state index is 12.5. The molecule has 2 unspecified atom stereocenters. The van der Waals surface area contributed by atoms with E-state index in [2.05, 4.69) is 32.2 Å². The molecule has 1 aliphatic rings. The van der Waals surface area contributed by atoms with Crippen molar-refractivity contribution in [3.05, 3.63) is 21.9 Å². The Labute approximate surface area is 119 Å². The average Bonchev–Trinajstić information content (AvgIpc) is 2.83. The molecule has 0 bridgehead atoms. The summed E-state index contributed by atoms with van der Waals surface area (Å²) in [5, 5.41) is 2.13. The zero-order chi connectivity index (χ0) is 14.0. The van der Waals surface area contributed by atoms with E-state index in [1.54, 1.807) is 0 Å². The summed E-state index contributed by atoms with van der Waals surface area (Å²) in [5.41, 5.74) is 7.41. The van der Waals surface area contributed by atoms with E-state index in [-0.39, 0.29) is 18.0 Å². The van der Waals surface area contributed by atoms with E-state index in [1.165, 1.54) is 10.4 Å². The Bertz CT molecular complexity index is 441. The molecule has 0 saturated heterocycles. The van der Waals surface area contributed by atoms with Crippen LogP contribution in [0.15, 0.2) is 11.4 Å². The number of carbonyl (C=O) groups excluding carboxylic acids is 1. The van der Waals surface area contributed by atoms with Crippen LogP contribution in [0.2, 0.25) is 0 Å². The van der Waals surface area contributed by atoms with Gasteiger partial charge in [-0.3, -0.25) is 4.79 Å². The van der Waals surface area contributed by atoms with Crippen LogP contribution in [-0.4, -0.2) is 23.4 Å². The molecule has 3 nitrogen and oxygen atoms in total. The molecule has 0 aromatic carbocycles. The van der Waals surface area contributed by atoms with Crippen molar-refractivity contribution in [3.8, 4) is 0 Å². The second-order valence-corrected chi connectivity index (χ2v) is 6.74. The molecular weight excluding hydrogens is 256 g/mol. The van der Waals surface area contributed by atoms with Crippen LogP contribution in [-0.2, 0) is 11.2 Å². The van der Waals surface area contributed by atoms with Crippen LogP contribution in [0.25, 0.3) is 0 Å². The van der Waals surface area contributed by atoms with Crippen molar-refractivity contribution in [2.75, 3.05) is 6.54 Å². The van der Waals surface area contributed by atoms with Crippen LogP contribution in [0.4, 0.5) is 0 Å². The number of nitrogens with zero attached hydrogens (tertiary/aromatic N) is 1. The lowest BCUT2D eigenvalue weighted by Crippen LogP contribution is -2.48. The maximum Gasteiger partial charge on any atom is 0.240 e. The SMILES string of the molecule is CCC1c2ccsc2CCN1C(=O)C(N)CC(C)C. The molecule has 2 atom stereocenters. The highest BCUT2D eigenvalue weighted by Gasteiger charge is 2.32. The topological polar surface area (TPSA) is 46.3 Å². The fourth-order valence-corrected chi connectivity index (χ4v) is 3.85. The quantitative estimate of drug-likeness (QED) is 0.921. The molecule has 2 N–H and O–H groups in total. The molecule has 0 radical (unpaired) electrons. The number of nitrogens with two attached hydrogens (primary N) is 1. The Morgan fingerprint density at radius 3 is 2.95 bits per heavy atom. The molecule has 1 aromatic rings. The molecule has 0 saturated carbocycles. The molecule has 1 aromatic heterocycles. The van der Waals surface area contributed by atoms with Gasteiger partial charge in [-0.15, -0.1) is 11.3 Å². The van der Waals surface area contributed by atoms with Crippen LogP contribution in [0.5, 0.6) is 0 Å². The van der Waals surface area contributed by atoms with Crippen molar-refractivity contribution in [2.45, 2.75) is 52.1 Å². The van der Waals surface area contributed by atoms with Crippen molar-refractivity contribution in [1.29, 1.82) is 0 Å². The third kappa shape index (κ3) is 3.00. The van der Waals surface area contributed by atoms with E-state index in [1.807, 2.05) is 16.2 Å². The molecule has 0 aliphatic carbocycles. The second kappa shape index (κ2) is 6.06. The molecule has 2 rings (SSSR count). The van der Waals surface area contributed by atoms with Gasteiger partial charge in [0.15, 0.2) is 0 Å². The third-order valence-electron chi connectivity index (χ3n) is 3.81. The number of hydrogen-bond acceptors (Lipinski definition) is 3. The molecule has 0 fully saturated rings. The number of thiophene rings is 1. The van der Waals surface area contributed by atoms with Crippen LogP contribution < -0.4 is 5.73 Å². The van der Waals surface area contributed by atoms with Crippen LogP contribution in [0, 0.1) is 5.92 Å². The molecular formula is C15H24N2OS. The Morgan fingerprint density at radius 2 is 2.32 bits per heavy atom. The van der Waals surface area contributed by atoms with Crippen LogP contribution in [0.3, 0.4) is 0 Å². The summed E-state index contributed by atoms with van der Waals surface area (Å²) in [6, 6.07) is 2.04. The lowest BCUT2D eigenvalue weighted by atomic mass is 9.95. The Balaban J connectivity index is 2.14. The van der Waals surface area contributed by atoms with Gasteiger partial charge >= 0.3 is 0 Å². The van der Waals surface area contributed by atoms with Crippen molar-refractivity contribution in [3.63, 3.8) is 0 Å². The van der Waals surface area contributed by atoms with Gasteiger partial charge in [0.25, 0.3) is 0 Å². The Kier molecular flexibility index (Phi) is 4.63. The van der Waals surface area contributed by atoms with Gasteiger partial charge in [-0.25, -0.2) is 0 Å². The van der Waals surface area contributed by atoms with Crippen molar-refractivity contribution < 1.29 is 4.79 Å². The fraction of sp³-hybridized carbons (Fsp3) is 0.667. The highest BCUT2D eigenvalue weighted by molar-refractivity contribution is 7.10. The number of hydrogen-bond donors (Lipinski definition) is 1. The van der Waals surface area contributed by atoms with Gasteiger partial charge in [0.05, 0.1) is 12.1 Å². The van der Waals surface area contributed by atoms with Crippen LogP contribution >= 0.6 is 11.3 Å². The van der Waals surface area contributed by atoms with Gasteiger partial charge in [-0.1, -0.05) is 20.8 Å².